The Morgan fingerprint density at radius 2 is 2.14 bits per heavy atom. The highest BCUT2D eigenvalue weighted by molar-refractivity contribution is 6.30. The van der Waals surface area contributed by atoms with E-state index in [4.69, 9.17) is 21.1 Å². The van der Waals surface area contributed by atoms with Crippen molar-refractivity contribution in [3.8, 4) is 0 Å². The SMILES string of the molecule is O=C(NC[C@@H]1COCCO1)Nc1ccc(Cl)cc1C(F)(F)F. The first-order valence-electron chi connectivity index (χ1n) is 6.47. The highest BCUT2D eigenvalue weighted by atomic mass is 35.5. The first-order valence-corrected chi connectivity index (χ1v) is 6.85. The minimum atomic E-state index is -4.62. The smallest absolute Gasteiger partial charge is 0.376 e. The fourth-order valence-electron chi connectivity index (χ4n) is 1.89. The zero-order chi connectivity index (χ0) is 16.2. The van der Waals surface area contributed by atoms with Gasteiger partial charge in [0.05, 0.1) is 37.2 Å². The van der Waals surface area contributed by atoms with E-state index in [0.29, 0.717) is 19.8 Å². The van der Waals surface area contributed by atoms with Crippen molar-refractivity contribution < 1.29 is 27.4 Å². The van der Waals surface area contributed by atoms with Gasteiger partial charge >= 0.3 is 12.2 Å². The summed E-state index contributed by atoms with van der Waals surface area (Å²) >= 11 is 5.56. The second-order valence-corrected chi connectivity index (χ2v) is 5.03. The number of hydrogen-bond donors (Lipinski definition) is 2. The maximum atomic E-state index is 12.9. The Morgan fingerprint density at radius 3 is 2.77 bits per heavy atom. The Balaban J connectivity index is 1.96. The van der Waals surface area contributed by atoms with Gasteiger partial charge in [-0.15, -0.1) is 0 Å². The number of benzene rings is 1. The number of ether oxygens (including phenoxy) is 2. The summed E-state index contributed by atoms with van der Waals surface area (Å²) in [4.78, 5) is 11.7. The molecule has 0 saturated carbocycles. The average Bonchev–Trinajstić information content (AvgIpc) is 2.47. The van der Waals surface area contributed by atoms with E-state index in [1.165, 1.54) is 6.07 Å². The van der Waals surface area contributed by atoms with Crippen molar-refractivity contribution in [2.75, 3.05) is 31.7 Å². The zero-order valence-corrected chi connectivity index (χ0v) is 12.1. The van der Waals surface area contributed by atoms with Crippen molar-refractivity contribution >= 4 is 23.3 Å². The average molecular weight is 339 g/mol. The van der Waals surface area contributed by atoms with Crippen LogP contribution in [0.15, 0.2) is 18.2 Å². The summed E-state index contributed by atoms with van der Waals surface area (Å²) in [6, 6.07) is 2.37. The molecule has 22 heavy (non-hydrogen) atoms. The summed E-state index contributed by atoms with van der Waals surface area (Å²) in [6.07, 6.45) is -4.93. The van der Waals surface area contributed by atoms with E-state index < -0.39 is 17.8 Å². The lowest BCUT2D eigenvalue weighted by Gasteiger charge is -2.23. The fourth-order valence-corrected chi connectivity index (χ4v) is 2.06. The van der Waals surface area contributed by atoms with E-state index in [-0.39, 0.29) is 23.4 Å². The highest BCUT2D eigenvalue weighted by Gasteiger charge is 2.34. The van der Waals surface area contributed by atoms with E-state index in [2.05, 4.69) is 10.6 Å². The summed E-state index contributed by atoms with van der Waals surface area (Å²) < 4.78 is 49.1. The van der Waals surface area contributed by atoms with Crippen LogP contribution in [0.25, 0.3) is 0 Å². The molecule has 1 aliphatic heterocycles. The number of carbonyl (C=O) groups is 1. The molecule has 0 bridgehead atoms. The van der Waals surface area contributed by atoms with E-state index in [1.54, 1.807) is 0 Å². The Hall–Kier alpha value is -1.51. The Bertz CT molecular complexity index is 534. The second kappa shape index (κ2) is 7.17. The first-order chi connectivity index (χ1) is 10.4. The van der Waals surface area contributed by atoms with Crippen LogP contribution in [0.1, 0.15) is 5.56 Å². The maximum absolute atomic E-state index is 12.9. The van der Waals surface area contributed by atoms with Crippen molar-refractivity contribution in [2.45, 2.75) is 12.3 Å². The van der Waals surface area contributed by atoms with Gasteiger partial charge in [-0.2, -0.15) is 13.2 Å². The van der Waals surface area contributed by atoms with Crippen LogP contribution in [0, 0.1) is 0 Å². The molecular formula is C13H14ClF3N2O3. The molecule has 1 aromatic rings. The molecule has 2 amide bonds. The van der Waals surface area contributed by atoms with Gasteiger partial charge in [-0.1, -0.05) is 11.6 Å². The summed E-state index contributed by atoms with van der Waals surface area (Å²) in [5.41, 5.74) is -1.37. The molecule has 2 N–H and O–H groups in total. The topological polar surface area (TPSA) is 59.6 Å². The number of rotatable bonds is 3. The Morgan fingerprint density at radius 1 is 1.36 bits per heavy atom. The van der Waals surface area contributed by atoms with Crippen LogP contribution in [-0.4, -0.2) is 38.5 Å². The number of alkyl halides is 3. The standard InChI is InChI=1S/C13H14ClF3N2O3/c14-8-1-2-11(10(5-8)13(15,16)17)19-12(20)18-6-9-7-21-3-4-22-9/h1-2,5,9H,3-4,6-7H2,(H2,18,19,20)/t9-/m1/s1. The maximum Gasteiger partial charge on any atom is 0.418 e. The van der Waals surface area contributed by atoms with Crippen LogP contribution >= 0.6 is 11.6 Å². The molecule has 1 heterocycles. The summed E-state index contributed by atoms with van der Waals surface area (Å²) in [7, 11) is 0. The number of hydrogen-bond acceptors (Lipinski definition) is 3. The van der Waals surface area contributed by atoms with Crippen molar-refractivity contribution in [2.24, 2.45) is 0 Å². The monoisotopic (exact) mass is 338 g/mol. The molecule has 0 aromatic heterocycles. The number of carbonyl (C=O) groups excluding carboxylic acids is 1. The van der Waals surface area contributed by atoms with Crippen LogP contribution in [0.4, 0.5) is 23.7 Å². The lowest BCUT2D eigenvalue weighted by molar-refractivity contribution is -0.136. The predicted molar refractivity (Wildman–Crippen MR) is 74.0 cm³/mol. The summed E-state index contributed by atoms with van der Waals surface area (Å²) in [5.74, 6) is 0. The van der Waals surface area contributed by atoms with Crippen molar-refractivity contribution in [1.29, 1.82) is 0 Å². The van der Waals surface area contributed by atoms with Crippen LogP contribution in [0.5, 0.6) is 0 Å². The summed E-state index contributed by atoms with van der Waals surface area (Å²) in [5, 5.41) is 4.53. The quantitative estimate of drug-likeness (QED) is 0.891. The highest BCUT2D eigenvalue weighted by Crippen LogP contribution is 2.36. The van der Waals surface area contributed by atoms with Crippen molar-refractivity contribution in [3.63, 3.8) is 0 Å². The Labute approximate surface area is 129 Å². The van der Waals surface area contributed by atoms with Gasteiger partial charge in [0.1, 0.15) is 0 Å². The predicted octanol–water partition coefficient (Wildman–Crippen LogP) is 2.90. The molecule has 5 nitrogen and oxygen atoms in total. The molecule has 2 rings (SSSR count). The number of anilines is 1. The van der Waals surface area contributed by atoms with Gasteiger partial charge < -0.3 is 20.1 Å². The molecular weight excluding hydrogens is 325 g/mol. The molecule has 122 valence electrons. The molecule has 0 aliphatic carbocycles. The molecule has 1 fully saturated rings. The molecule has 1 aliphatic rings. The molecule has 0 spiro atoms. The molecule has 0 unspecified atom stereocenters. The van der Waals surface area contributed by atoms with E-state index >= 15 is 0 Å². The molecule has 1 aromatic carbocycles. The lowest BCUT2D eigenvalue weighted by Crippen LogP contribution is -2.41. The van der Waals surface area contributed by atoms with E-state index in [0.717, 1.165) is 12.1 Å². The van der Waals surface area contributed by atoms with Gasteiger partial charge in [0.2, 0.25) is 0 Å². The van der Waals surface area contributed by atoms with Crippen molar-refractivity contribution in [3.05, 3.63) is 28.8 Å². The third kappa shape index (κ3) is 4.75. The van der Waals surface area contributed by atoms with Gasteiger partial charge in [0.25, 0.3) is 0 Å². The Kier molecular flexibility index (Phi) is 5.49. The third-order valence-corrected chi connectivity index (χ3v) is 3.15. The molecule has 1 atom stereocenters. The van der Waals surface area contributed by atoms with Gasteiger partial charge in [-0.05, 0) is 18.2 Å². The minimum absolute atomic E-state index is 0.0639. The number of amides is 2. The largest absolute Gasteiger partial charge is 0.418 e. The van der Waals surface area contributed by atoms with Gasteiger partial charge in [-0.3, -0.25) is 0 Å². The van der Waals surface area contributed by atoms with Gasteiger partial charge in [-0.25, -0.2) is 4.79 Å². The van der Waals surface area contributed by atoms with Crippen molar-refractivity contribution in [1.82, 2.24) is 5.32 Å². The number of halogens is 4. The van der Waals surface area contributed by atoms with Crippen LogP contribution < -0.4 is 10.6 Å². The lowest BCUT2D eigenvalue weighted by atomic mass is 10.1. The van der Waals surface area contributed by atoms with Crippen LogP contribution in [0.3, 0.4) is 0 Å². The first kappa shape index (κ1) is 16.9. The van der Waals surface area contributed by atoms with Crippen LogP contribution in [0.2, 0.25) is 5.02 Å². The number of nitrogens with one attached hydrogen (secondary N) is 2. The van der Waals surface area contributed by atoms with Crippen LogP contribution in [-0.2, 0) is 15.7 Å². The second-order valence-electron chi connectivity index (χ2n) is 4.59. The molecule has 0 radical (unpaired) electrons. The van der Waals surface area contributed by atoms with E-state index in [1.807, 2.05) is 0 Å². The minimum Gasteiger partial charge on any atom is -0.376 e. The molecule has 1 saturated heterocycles. The summed E-state index contributed by atoms with van der Waals surface area (Å²) in [6.45, 7) is 1.38. The molecule has 9 heteroatoms. The van der Waals surface area contributed by atoms with Gasteiger partial charge in [0.15, 0.2) is 0 Å². The third-order valence-electron chi connectivity index (χ3n) is 2.91. The fraction of sp³-hybridized carbons (Fsp3) is 0.462. The normalized spacial score (nSPS) is 18.8. The number of urea groups is 1. The zero-order valence-electron chi connectivity index (χ0n) is 11.4. The van der Waals surface area contributed by atoms with Gasteiger partial charge in [0, 0.05) is 11.6 Å². The van der Waals surface area contributed by atoms with E-state index in [9.17, 15) is 18.0 Å².